The highest BCUT2D eigenvalue weighted by Gasteiger charge is 2.25. The molecule has 0 unspecified atom stereocenters. The molecule has 0 aliphatic heterocycles. The molecule has 21 heavy (non-hydrogen) atoms. The summed E-state index contributed by atoms with van der Waals surface area (Å²) in [4.78, 5) is 13.3. The summed E-state index contributed by atoms with van der Waals surface area (Å²) in [5.41, 5.74) is 0. The number of carbonyl (C=O) groups excluding carboxylic acids is 1. The molecule has 5 nitrogen and oxygen atoms in total. The first-order valence-electron chi connectivity index (χ1n) is 6.43. The van der Waals surface area contributed by atoms with Crippen LogP contribution >= 0.6 is 15.9 Å². The Labute approximate surface area is 132 Å². The molecule has 0 N–H and O–H groups in total. The van der Waals surface area contributed by atoms with Crippen LogP contribution in [-0.4, -0.2) is 50.2 Å². The van der Waals surface area contributed by atoms with Gasteiger partial charge in [-0.2, -0.15) is 4.31 Å². The number of sulfonamides is 1. The van der Waals surface area contributed by atoms with Crippen LogP contribution < -0.4 is 0 Å². The highest BCUT2D eigenvalue weighted by atomic mass is 79.9. The summed E-state index contributed by atoms with van der Waals surface area (Å²) in [6, 6.07) is 3.54. The number of rotatable bonds is 6. The number of hydrogen-bond donors (Lipinski definition) is 0. The lowest BCUT2D eigenvalue weighted by Crippen LogP contribution is -2.41. The highest BCUT2D eigenvalue weighted by molar-refractivity contribution is 9.10. The highest BCUT2D eigenvalue weighted by Crippen LogP contribution is 2.21. The van der Waals surface area contributed by atoms with E-state index in [-0.39, 0.29) is 21.8 Å². The first kappa shape index (κ1) is 18.1. The first-order valence-corrected chi connectivity index (χ1v) is 8.66. The van der Waals surface area contributed by atoms with Crippen molar-refractivity contribution in [1.29, 1.82) is 0 Å². The molecule has 1 aromatic rings. The molecule has 1 amide bonds. The van der Waals surface area contributed by atoms with Crippen molar-refractivity contribution in [3.8, 4) is 0 Å². The minimum atomic E-state index is -3.90. The number of halogens is 2. The van der Waals surface area contributed by atoms with Crippen LogP contribution in [0.5, 0.6) is 0 Å². The van der Waals surface area contributed by atoms with Crippen molar-refractivity contribution >= 4 is 31.9 Å². The topological polar surface area (TPSA) is 57.7 Å². The zero-order valence-corrected chi connectivity index (χ0v) is 14.5. The molecule has 0 radical (unpaired) electrons. The van der Waals surface area contributed by atoms with Gasteiger partial charge in [0.2, 0.25) is 15.9 Å². The second-order valence-corrected chi connectivity index (χ2v) is 7.30. The normalized spacial score (nSPS) is 11.7. The van der Waals surface area contributed by atoms with Gasteiger partial charge >= 0.3 is 0 Å². The third-order valence-electron chi connectivity index (χ3n) is 3.07. The summed E-state index contributed by atoms with van der Waals surface area (Å²) >= 11 is 2.97. The van der Waals surface area contributed by atoms with Gasteiger partial charge in [0, 0.05) is 20.1 Å². The Bertz CT molecular complexity index is 618. The van der Waals surface area contributed by atoms with Gasteiger partial charge < -0.3 is 4.90 Å². The van der Waals surface area contributed by atoms with E-state index in [0.717, 1.165) is 10.4 Å². The fraction of sp³-hybridized carbons (Fsp3) is 0.462. The van der Waals surface area contributed by atoms with Crippen molar-refractivity contribution in [3.63, 3.8) is 0 Å². The van der Waals surface area contributed by atoms with E-state index < -0.39 is 15.8 Å². The quantitative estimate of drug-likeness (QED) is 0.758. The predicted octanol–water partition coefficient (Wildman–Crippen LogP) is 2.08. The van der Waals surface area contributed by atoms with Crippen LogP contribution in [0.3, 0.4) is 0 Å². The summed E-state index contributed by atoms with van der Waals surface area (Å²) in [7, 11) is -2.60. The van der Waals surface area contributed by atoms with Crippen LogP contribution in [0.15, 0.2) is 27.6 Å². The predicted molar refractivity (Wildman–Crippen MR) is 81.8 cm³/mol. The number of hydrogen-bond acceptors (Lipinski definition) is 3. The molecule has 8 heteroatoms. The molecule has 118 valence electrons. The number of nitrogens with zero attached hydrogens (tertiary/aromatic N) is 2. The summed E-state index contributed by atoms with van der Waals surface area (Å²) < 4.78 is 39.2. The number of amides is 1. The van der Waals surface area contributed by atoms with Crippen molar-refractivity contribution in [3.05, 3.63) is 28.5 Å². The van der Waals surface area contributed by atoms with Gasteiger partial charge in [-0.15, -0.1) is 0 Å². The van der Waals surface area contributed by atoms with Gasteiger partial charge in [0.1, 0.15) is 5.82 Å². The van der Waals surface area contributed by atoms with Crippen molar-refractivity contribution < 1.29 is 17.6 Å². The molecule has 0 spiro atoms. The second kappa shape index (κ2) is 7.33. The van der Waals surface area contributed by atoms with E-state index in [4.69, 9.17) is 0 Å². The van der Waals surface area contributed by atoms with E-state index in [2.05, 4.69) is 15.9 Å². The van der Waals surface area contributed by atoms with Crippen LogP contribution in [0.2, 0.25) is 0 Å². The maximum Gasteiger partial charge on any atom is 0.243 e. The summed E-state index contributed by atoms with van der Waals surface area (Å²) in [6.07, 6.45) is 0. The molecule has 0 aromatic heterocycles. The lowest BCUT2D eigenvalue weighted by molar-refractivity contribution is -0.130. The van der Waals surface area contributed by atoms with Crippen molar-refractivity contribution in [2.75, 3.05) is 26.7 Å². The molecule has 0 saturated carbocycles. The van der Waals surface area contributed by atoms with E-state index in [1.54, 1.807) is 0 Å². The molecular formula is C13H18BrFN2O3S. The molecule has 0 heterocycles. The van der Waals surface area contributed by atoms with E-state index in [0.29, 0.717) is 13.1 Å². The van der Waals surface area contributed by atoms with Gasteiger partial charge in [-0.3, -0.25) is 4.79 Å². The van der Waals surface area contributed by atoms with Crippen LogP contribution in [0.4, 0.5) is 4.39 Å². The molecule has 0 aliphatic carbocycles. The number of likely N-dealkylation sites (N-methyl/N-ethyl adjacent to an activating group) is 2. The van der Waals surface area contributed by atoms with Gasteiger partial charge in [0.15, 0.2) is 0 Å². The van der Waals surface area contributed by atoms with E-state index in [1.165, 1.54) is 24.1 Å². The van der Waals surface area contributed by atoms with E-state index >= 15 is 0 Å². The maximum absolute atomic E-state index is 13.5. The van der Waals surface area contributed by atoms with Crippen LogP contribution in [0.25, 0.3) is 0 Å². The zero-order valence-electron chi connectivity index (χ0n) is 12.1. The molecule has 0 atom stereocenters. The Kier molecular flexibility index (Phi) is 6.30. The van der Waals surface area contributed by atoms with Gasteiger partial charge in [0.25, 0.3) is 0 Å². The molecule has 0 aliphatic rings. The fourth-order valence-electron chi connectivity index (χ4n) is 1.77. The Morgan fingerprint density at radius 1 is 1.29 bits per heavy atom. The molecule has 0 bridgehead atoms. The monoisotopic (exact) mass is 380 g/mol. The third kappa shape index (κ3) is 4.24. The lowest BCUT2D eigenvalue weighted by Gasteiger charge is -2.23. The minimum Gasteiger partial charge on any atom is -0.342 e. The molecule has 1 rings (SSSR count). The second-order valence-electron chi connectivity index (χ2n) is 4.40. The zero-order chi connectivity index (χ0) is 16.2. The smallest absolute Gasteiger partial charge is 0.243 e. The molecule has 0 saturated heterocycles. The maximum atomic E-state index is 13.5. The Balaban J connectivity index is 2.96. The molecule has 0 fully saturated rings. The van der Waals surface area contributed by atoms with Crippen molar-refractivity contribution in [1.82, 2.24) is 9.21 Å². The van der Waals surface area contributed by atoms with Gasteiger partial charge in [-0.05, 0) is 48.0 Å². The Morgan fingerprint density at radius 3 is 2.33 bits per heavy atom. The van der Waals surface area contributed by atoms with Crippen LogP contribution in [0, 0.1) is 5.82 Å². The van der Waals surface area contributed by atoms with Gasteiger partial charge in [-0.1, -0.05) is 0 Å². The molecular weight excluding hydrogens is 363 g/mol. The average Bonchev–Trinajstić information content (AvgIpc) is 2.42. The van der Waals surface area contributed by atoms with Crippen molar-refractivity contribution in [2.24, 2.45) is 0 Å². The van der Waals surface area contributed by atoms with Crippen LogP contribution in [-0.2, 0) is 14.8 Å². The SMILES string of the molecule is CCN(CC)C(=O)CN(C)S(=O)(=O)c1ccc(Br)c(F)c1. The summed E-state index contributed by atoms with van der Waals surface area (Å²) in [6.45, 7) is 4.38. The standard InChI is InChI=1S/C13H18BrFN2O3S/c1-4-17(5-2)13(18)9-16(3)21(19,20)10-6-7-11(14)12(15)8-10/h6-8H,4-5,9H2,1-3H3. The average molecular weight is 381 g/mol. The number of benzene rings is 1. The molecule has 1 aromatic carbocycles. The lowest BCUT2D eigenvalue weighted by atomic mass is 10.3. The fourth-order valence-corrected chi connectivity index (χ4v) is 3.15. The Hall–Kier alpha value is -0.990. The van der Waals surface area contributed by atoms with E-state index in [9.17, 15) is 17.6 Å². The van der Waals surface area contributed by atoms with Gasteiger partial charge in [-0.25, -0.2) is 12.8 Å². The number of carbonyl (C=O) groups is 1. The van der Waals surface area contributed by atoms with E-state index in [1.807, 2.05) is 13.8 Å². The van der Waals surface area contributed by atoms with Crippen LogP contribution in [0.1, 0.15) is 13.8 Å². The van der Waals surface area contributed by atoms with Crippen molar-refractivity contribution in [2.45, 2.75) is 18.7 Å². The Morgan fingerprint density at radius 2 is 1.86 bits per heavy atom. The third-order valence-corrected chi connectivity index (χ3v) is 5.52. The largest absolute Gasteiger partial charge is 0.342 e. The first-order chi connectivity index (χ1) is 9.73. The van der Waals surface area contributed by atoms with Gasteiger partial charge in [0.05, 0.1) is 15.9 Å². The summed E-state index contributed by atoms with van der Waals surface area (Å²) in [5, 5.41) is 0. The summed E-state index contributed by atoms with van der Waals surface area (Å²) in [5.74, 6) is -0.955. The minimum absolute atomic E-state index is 0.182.